The van der Waals surface area contributed by atoms with E-state index in [0.717, 1.165) is 0 Å². The standard InChI is InChI=1S/C6H7N2O3/c1-2-11-5(9)4-3-7-6(10)8-4/h3H,2H2,1H3,(H,7,8). The maximum absolute atomic E-state index is 10.8. The lowest BCUT2D eigenvalue weighted by atomic mass is 10.5. The Morgan fingerprint density at radius 3 is 3.00 bits per heavy atom. The minimum atomic E-state index is -0.578. The summed E-state index contributed by atoms with van der Waals surface area (Å²) < 4.78 is 4.58. The van der Waals surface area contributed by atoms with Gasteiger partial charge >= 0.3 is 12.0 Å². The van der Waals surface area contributed by atoms with Crippen molar-refractivity contribution in [1.29, 1.82) is 0 Å². The number of H-pyrrole nitrogens is 1. The minimum absolute atomic E-state index is 0.0249. The molecule has 0 aliphatic heterocycles. The molecule has 5 heteroatoms. The molecule has 5 nitrogen and oxygen atoms in total. The van der Waals surface area contributed by atoms with Crippen LogP contribution >= 0.6 is 0 Å². The average molecular weight is 155 g/mol. The first-order chi connectivity index (χ1) is 5.24. The Morgan fingerprint density at radius 1 is 1.82 bits per heavy atom. The van der Waals surface area contributed by atoms with E-state index in [0.29, 0.717) is 0 Å². The molecule has 0 unspecified atom stereocenters. The van der Waals surface area contributed by atoms with Crippen molar-refractivity contribution in [2.45, 2.75) is 6.92 Å². The van der Waals surface area contributed by atoms with Crippen molar-refractivity contribution >= 4 is 5.97 Å². The molecule has 0 saturated heterocycles. The molecule has 0 spiro atoms. The van der Waals surface area contributed by atoms with E-state index in [9.17, 15) is 9.90 Å². The lowest BCUT2D eigenvalue weighted by Crippen LogP contribution is -2.04. The van der Waals surface area contributed by atoms with Gasteiger partial charge in [0.05, 0.1) is 6.61 Å². The van der Waals surface area contributed by atoms with Crippen molar-refractivity contribution in [3.05, 3.63) is 11.9 Å². The molecule has 0 aliphatic carbocycles. The van der Waals surface area contributed by atoms with Gasteiger partial charge in [0.2, 0.25) is 0 Å². The van der Waals surface area contributed by atoms with Gasteiger partial charge in [-0.1, -0.05) is 0 Å². The Kier molecular flexibility index (Phi) is 2.10. The maximum Gasteiger partial charge on any atom is 0.358 e. The Morgan fingerprint density at radius 2 is 2.55 bits per heavy atom. The number of aromatic nitrogens is 2. The molecule has 59 valence electrons. The molecule has 1 aromatic rings. The first-order valence-corrected chi connectivity index (χ1v) is 3.13. The second-order valence-corrected chi connectivity index (χ2v) is 1.81. The summed E-state index contributed by atoms with van der Waals surface area (Å²) in [6.45, 7) is 1.96. The van der Waals surface area contributed by atoms with Gasteiger partial charge in [-0.25, -0.2) is 9.90 Å². The van der Waals surface area contributed by atoms with Crippen molar-refractivity contribution in [1.82, 2.24) is 9.97 Å². The predicted octanol–water partition coefficient (Wildman–Crippen LogP) is 0.730. The maximum atomic E-state index is 10.8. The van der Waals surface area contributed by atoms with Crippen LogP contribution in [-0.4, -0.2) is 22.5 Å². The molecular weight excluding hydrogens is 148 g/mol. The number of carbonyl (C=O) groups excluding carboxylic acids is 1. The van der Waals surface area contributed by atoms with Crippen LogP contribution in [0.25, 0.3) is 0 Å². The lowest BCUT2D eigenvalue weighted by molar-refractivity contribution is 0.0519. The zero-order chi connectivity index (χ0) is 8.27. The molecule has 0 saturated carbocycles. The average Bonchev–Trinajstić information content (AvgIpc) is 2.36. The fourth-order valence-corrected chi connectivity index (χ4v) is 0.614. The summed E-state index contributed by atoms with van der Waals surface area (Å²) in [4.78, 5) is 16.4. The molecule has 0 fully saturated rings. The molecule has 0 atom stereocenters. The van der Waals surface area contributed by atoms with E-state index in [1.165, 1.54) is 6.20 Å². The second kappa shape index (κ2) is 3.05. The van der Waals surface area contributed by atoms with Gasteiger partial charge in [0, 0.05) is 6.20 Å². The number of ether oxygens (including phenoxy) is 1. The molecule has 1 rings (SSSR count). The number of imidazole rings is 1. The number of aromatic amines is 1. The summed E-state index contributed by atoms with van der Waals surface area (Å²) in [6.07, 6.45) is 1.22. The fraction of sp³-hybridized carbons (Fsp3) is 0.333. The highest BCUT2D eigenvalue weighted by atomic mass is 16.5. The van der Waals surface area contributed by atoms with Gasteiger partial charge in [-0.15, -0.1) is 0 Å². The summed E-state index contributed by atoms with van der Waals surface area (Å²) in [5.74, 6) is -0.578. The van der Waals surface area contributed by atoms with Gasteiger partial charge in [-0.3, -0.25) is 0 Å². The third-order valence-electron chi connectivity index (χ3n) is 1.04. The second-order valence-electron chi connectivity index (χ2n) is 1.81. The Bertz CT molecular complexity index is 256. The number of hydrogen-bond donors (Lipinski definition) is 1. The zero-order valence-corrected chi connectivity index (χ0v) is 5.96. The van der Waals surface area contributed by atoms with Crippen LogP contribution in [-0.2, 0) is 9.84 Å². The Labute approximate surface area is 63.0 Å². The van der Waals surface area contributed by atoms with Crippen molar-refractivity contribution in [3.63, 3.8) is 0 Å². The lowest BCUT2D eigenvalue weighted by Gasteiger charge is -1.94. The van der Waals surface area contributed by atoms with Crippen molar-refractivity contribution in [3.8, 4) is 6.01 Å². The molecular formula is C6H7N2O3. The monoisotopic (exact) mass is 155 g/mol. The van der Waals surface area contributed by atoms with Gasteiger partial charge < -0.3 is 9.72 Å². The summed E-state index contributed by atoms with van der Waals surface area (Å²) >= 11 is 0. The number of rotatable bonds is 2. The first-order valence-electron chi connectivity index (χ1n) is 3.13. The third-order valence-corrected chi connectivity index (χ3v) is 1.04. The van der Waals surface area contributed by atoms with E-state index in [4.69, 9.17) is 0 Å². The van der Waals surface area contributed by atoms with E-state index in [1.807, 2.05) is 0 Å². The van der Waals surface area contributed by atoms with Crippen LogP contribution in [0.15, 0.2) is 6.20 Å². The quantitative estimate of drug-likeness (QED) is 0.639. The smallest absolute Gasteiger partial charge is 0.358 e. The number of hydrogen-bond acceptors (Lipinski definition) is 3. The van der Waals surface area contributed by atoms with Crippen LogP contribution < -0.4 is 0 Å². The Balaban J connectivity index is 2.69. The van der Waals surface area contributed by atoms with Crippen LogP contribution in [0.3, 0.4) is 0 Å². The van der Waals surface area contributed by atoms with Gasteiger partial charge in [0.15, 0.2) is 5.69 Å². The molecule has 11 heavy (non-hydrogen) atoms. The first kappa shape index (κ1) is 7.59. The fourth-order valence-electron chi connectivity index (χ4n) is 0.614. The van der Waals surface area contributed by atoms with Crippen molar-refractivity contribution < 1.29 is 14.6 Å². The SMILES string of the molecule is CCOC(=O)c1c[nH]c([O])n1. The van der Waals surface area contributed by atoms with E-state index in [-0.39, 0.29) is 12.3 Å². The molecule has 1 aromatic heterocycles. The largest absolute Gasteiger partial charge is 0.461 e. The van der Waals surface area contributed by atoms with E-state index in [2.05, 4.69) is 14.7 Å². The van der Waals surface area contributed by atoms with Gasteiger partial charge in [-0.2, -0.15) is 4.98 Å². The highest BCUT2D eigenvalue weighted by Crippen LogP contribution is 2.03. The normalized spacial score (nSPS) is 9.55. The molecule has 0 aromatic carbocycles. The molecule has 0 bridgehead atoms. The van der Waals surface area contributed by atoms with E-state index in [1.54, 1.807) is 6.92 Å². The molecule has 0 aliphatic rings. The van der Waals surface area contributed by atoms with Gasteiger partial charge in [0.1, 0.15) is 0 Å². The summed E-state index contributed by atoms with van der Waals surface area (Å²) in [7, 11) is 0. The number of esters is 1. The van der Waals surface area contributed by atoms with Crippen molar-refractivity contribution in [2.24, 2.45) is 0 Å². The van der Waals surface area contributed by atoms with Crippen LogP contribution in [0, 0.1) is 0 Å². The number of nitrogens with one attached hydrogen (secondary N) is 1. The summed E-state index contributed by atoms with van der Waals surface area (Å²) in [5.41, 5.74) is 0.0249. The third kappa shape index (κ3) is 1.70. The Hall–Kier alpha value is -1.52. The van der Waals surface area contributed by atoms with Crippen LogP contribution in [0.4, 0.5) is 0 Å². The summed E-state index contributed by atoms with van der Waals surface area (Å²) in [5, 5.41) is 10.4. The molecule has 1 N–H and O–H groups in total. The van der Waals surface area contributed by atoms with Crippen LogP contribution in [0.2, 0.25) is 0 Å². The predicted molar refractivity (Wildman–Crippen MR) is 34.7 cm³/mol. The highest BCUT2D eigenvalue weighted by molar-refractivity contribution is 5.87. The summed E-state index contributed by atoms with van der Waals surface area (Å²) in [6, 6.07) is -0.534. The minimum Gasteiger partial charge on any atom is -0.461 e. The van der Waals surface area contributed by atoms with Gasteiger partial charge in [0.25, 0.3) is 0 Å². The molecule has 1 radical (unpaired) electrons. The molecule has 0 amide bonds. The van der Waals surface area contributed by atoms with Gasteiger partial charge in [-0.05, 0) is 6.92 Å². The number of nitrogens with zero attached hydrogens (tertiary/aromatic N) is 1. The molecule has 1 heterocycles. The van der Waals surface area contributed by atoms with E-state index >= 15 is 0 Å². The van der Waals surface area contributed by atoms with E-state index < -0.39 is 12.0 Å². The zero-order valence-electron chi connectivity index (χ0n) is 5.96. The van der Waals surface area contributed by atoms with Crippen molar-refractivity contribution in [2.75, 3.05) is 6.61 Å². The highest BCUT2D eigenvalue weighted by Gasteiger charge is 2.10. The number of carbonyl (C=O) groups is 1. The van der Waals surface area contributed by atoms with Crippen LogP contribution in [0.5, 0.6) is 6.01 Å². The van der Waals surface area contributed by atoms with Crippen LogP contribution in [0.1, 0.15) is 17.4 Å². The topological polar surface area (TPSA) is 74.9 Å².